The molecule has 0 spiro atoms. The fourth-order valence-corrected chi connectivity index (χ4v) is 2.68. The van der Waals surface area contributed by atoms with E-state index in [4.69, 9.17) is 11.0 Å². The number of nitrogens with zero attached hydrogens (tertiary/aromatic N) is 2. The summed E-state index contributed by atoms with van der Waals surface area (Å²) in [6.07, 6.45) is 2.13. The second-order valence-electron chi connectivity index (χ2n) is 5.08. The van der Waals surface area contributed by atoms with Gasteiger partial charge in [0.1, 0.15) is 0 Å². The summed E-state index contributed by atoms with van der Waals surface area (Å²) in [7, 11) is 0. The molecule has 1 saturated heterocycles. The van der Waals surface area contributed by atoms with Crippen LogP contribution in [0.4, 0.5) is 0 Å². The molecular weight excluding hydrogens is 238 g/mol. The van der Waals surface area contributed by atoms with Crippen molar-refractivity contribution < 1.29 is 4.79 Å². The van der Waals surface area contributed by atoms with Gasteiger partial charge < -0.3 is 10.6 Å². The number of carbonyl (C=O) groups excluding carboxylic acids is 1. The lowest BCUT2D eigenvalue weighted by Crippen LogP contribution is -2.32. The van der Waals surface area contributed by atoms with Crippen molar-refractivity contribution >= 4 is 5.91 Å². The maximum atomic E-state index is 12.4. The zero-order chi connectivity index (χ0) is 13.8. The van der Waals surface area contributed by atoms with Gasteiger partial charge in [0.05, 0.1) is 17.2 Å². The molecule has 4 nitrogen and oxygen atoms in total. The van der Waals surface area contributed by atoms with Crippen molar-refractivity contribution in [3.63, 3.8) is 0 Å². The first-order chi connectivity index (χ1) is 9.17. The second kappa shape index (κ2) is 5.85. The third kappa shape index (κ3) is 2.77. The SMILES string of the molecule is CCC[C@H]1CN(C(=O)c2ccccc2C#N)C[C@@H]1N. The van der Waals surface area contributed by atoms with E-state index in [1.807, 2.05) is 0 Å². The van der Waals surface area contributed by atoms with Crippen LogP contribution < -0.4 is 5.73 Å². The molecule has 2 N–H and O–H groups in total. The Balaban J connectivity index is 2.15. The van der Waals surface area contributed by atoms with Crippen molar-refractivity contribution in [3.8, 4) is 6.07 Å². The Labute approximate surface area is 113 Å². The smallest absolute Gasteiger partial charge is 0.255 e. The molecule has 1 amide bonds. The highest BCUT2D eigenvalue weighted by atomic mass is 16.2. The van der Waals surface area contributed by atoms with Gasteiger partial charge in [-0.15, -0.1) is 0 Å². The van der Waals surface area contributed by atoms with Gasteiger partial charge in [0.25, 0.3) is 5.91 Å². The molecule has 1 aromatic rings. The van der Waals surface area contributed by atoms with Crippen LogP contribution in [0.3, 0.4) is 0 Å². The molecule has 1 heterocycles. The first kappa shape index (κ1) is 13.6. The molecule has 0 aliphatic carbocycles. The van der Waals surface area contributed by atoms with E-state index in [-0.39, 0.29) is 11.9 Å². The predicted molar refractivity (Wildman–Crippen MR) is 73.4 cm³/mol. The maximum absolute atomic E-state index is 12.4. The van der Waals surface area contributed by atoms with Crippen LogP contribution in [0.15, 0.2) is 24.3 Å². The number of amides is 1. The van der Waals surface area contributed by atoms with Gasteiger partial charge in [0.2, 0.25) is 0 Å². The number of hydrogen-bond donors (Lipinski definition) is 1. The quantitative estimate of drug-likeness (QED) is 0.897. The normalized spacial score (nSPS) is 22.3. The lowest BCUT2D eigenvalue weighted by Gasteiger charge is -2.16. The Morgan fingerprint density at radius 1 is 1.47 bits per heavy atom. The van der Waals surface area contributed by atoms with Crippen LogP contribution in [0, 0.1) is 17.2 Å². The lowest BCUT2D eigenvalue weighted by atomic mass is 9.99. The molecule has 1 aliphatic heterocycles. The van der Waals surface area contributed by atoms with E-state index in [9.17, 15) is 4.79 Å². The molecule has 0 aromatic heterocycles. The van der Waals surface area contributed by atoms with Gasteiger partial charge in [0.15, 0.2) is 0 Å². The van der Waals surface area contributed by atoms with E-state index >= 15 is 0 Å². The summed E-state index contributed by atoms with van der Waals surface area (Å²) >= 11 is 0. The standard InChI is InChI=1S/C15H19N3O/c1-2-5-12-9-18(10-14(12)17)15(19)13-7-4-3-6-11(13)8-16/h3-4,6-7,12,14H,2,5,9-10,17H2,1H3/t12-,14-/m0/s1. The van der Waals surface area contributed by atoms with Crippen molar-refractivity contribution in [1.29, 1.82) is 5.26 Å². The topological polar surface area (TPSA) is 70.1 Å². The number of likely N-dealkylation sites (tertiary alicyclic amines) is 1. The highest BCUT2D eigenvalue weighted by Gasteiger charge is 2.33. The van der Waals surface area contributed by atoms with E-state index in [0.29, 0.717) is 30.1 Å². The average molecular weight is 257 g/mol. The Kier molecular flexibility index (Phi) is 4.18. The van der Waals surface area contributed by atoms with Gasteiger partial charge in [-0.1, -0.05) is 25.5 Å². The molecule has 0 unspecified atom stereocenters. The third-order valence-electron chi connectivity index (χ3n) is 3.72. The molecule has 2 rings (SSSR count). The van der Waals surface area contributed by atoms with Gasteiger partial charge >= 0.3 is 0 Å². The van der Waals surface area contributed by atoms with E-state index < -0.39 is 0 Å². The van der Waals surface area contributed by atoms with Crippen molar-refractivity contribution in [1.82, 2.24) is 4.90 Å². The Morgan fingerprint density at radius 2 is 2.21 bits per heavy atom. The predicted octanol–water partition coefficient (Wildman–Crippen LogP) is 1.76. The van der Waals surface area contributed by atoms with Crippen molar-refractivity contribution in [2.45, 2.75) is 25.8 Å². The minimum absolute atomic E-state index is 0.0538. The van der Waals surface area contributed by atoms with Crippen LogP contribution in [0.2, 0.25) is 0 Å². The van der Waals surface area contributed by atoms with Crippen molar-refractivity contribution in [2.75, 3.05) is 13.1 Å². The van der Waals surface area contributed by atoms with Crippen molar-refractivity contribution in [3.05, 3.63) is 35.4 Å². The minimum atomic E-state index is -0.0776. The van der Waals surface area contributed by atoms with E-state index in [2.05, 4.69) is 13.0 Å². The molecule has 0 radical (unpaired) electrons. The van der Waals surface area contributed by atoms with Gasteiger partial charge in [-0.3, -0.25) is 4.79 Å². The number of benzene rings is 1. The van der Waals surface area contributed by atoms with Gasteiger partial charge in [-0.05, 0) is 24.5 Å². The van der Waals surface area contributed by atoms with E-state index in [0.717, 1.165) is 12.8 Å². The van der Waals surface area contributed by atoms with Gasteiger partial charge in [-0.25, -0.2) is 0 Å². The molecular formula is C15H19N3O. The van der Waals surface area contributed by atoms with Crippen LogP contribution >= 0.6 is 0 Å². The third-order valence-corrected chi connectivity index (χ3v) is 3.72. The fraction of sp³-hybridized carbons (Fsp3) is 0.467. The summed E-state index contributed by atoms with van der Waals surface area (Å²) < 4.78 is 0. The summed E-state index contributed by atoms with van der Waals surface area (Å²) in [6.45, 7) is 3.42. The summed E-state index contributed by atoms with van der Waals surface area (Å²) in [6, 6.07) is 9.06. The number of nitrogens with two attached hydrogens (primary N) is 1. The minimum Gasteiger partial charge on any atom is -0.337 e. The summed E-state index contributed by atoms with van der Waals surface area (Å²) in [5.41, 5.74) is 6.99. The lowest BCUT2D eigenvalue weighted by molar-refractivity contribution is 0.0785. The average Bonchev–Trinajstić information content (AvgIpc) is 2.80. The van der Waals surface area contributed by atoms with E-state index in [1.54, 1.807) is 29.2 Å². The molecule has 1 fully saturated rings. The molecule has 4 heteroatoms. The number of carbonyl (C=O) groups is 1. The molecule has 100 valence electrons. The van der Waals surface area contributed by atoms with Gasteiger partial charge in [0, 0.05) is 19.1 Å². The monoisotopic (exact) mass is 257 g/mol. The fourth-order valence-electron chi connectivity index (χ4n) is 2.68. The van der Waals surface area contributed by atoms with Crippen LogP contribution in [0.5, 0.6) is 0 Å². The summed E-state index contributed by atoms with van der Waals surface area (Å²) in [4.78, 5) is 14.2. The zero-order valence-corrected chi connectivity index (χ0v) is 11.2. The maximum Gasteiger partial charge on any atom is 0.255 e. The first-order valence-corrected chi connectivity index (χ1v) is 6.71. The van der Waals surface area contributed by atoms with Gasteiger partial charge in [-0.2, -0.15) is 5.26 Å². The zero-order valence-electron chi connectivity index (χ0n) is 11.2. The Bertz CT molecular complexity index is 506. The largest absolute Gasteiger partial charge is 0.337 e. The van der Waals surface area contributed by atoms with E-state index in [1.165, 1.54) is 0 Å². The molecule has 0 bridgehead atoms. The highest BCUT2D eigenvalue weighted by Crippen LogP contribution is 2.22. The van der Waals surface area contributed by atoms with Crippen LogP contribution in [-0.2, 0) is 0 Å². The molecule has 2 atom stereocenters. The van der Waals surface area contributed by atoms with Crippen molar-refractivity contribution in [2.24, 2.45) is 11.7 Å². The van der Waals surface area contributed by atoms with Crippen LogP contribution in [-0.4, -0.2) is 29.9 Å². The number of hydrogen-bond acceptors (Lipinski definition) is 3. The molecule has 1 aromatic carbocycles. The summed E-state index contributed by atoms with van der Waals surface area (Å²) in [5, 5.41) is 9.05. The van der Waals surface area contributed by atoms with Crippen LogP contribution in [0.1, 0.15) is 35.7 Å². The number of rotatable bonds is 3. The molecule has 0 saturated carbocycles. The highest BCUT2D eigenvalue weighted by molar-refractivity contribution is 5.96. The first-order valence-electron chi connectivity index (χ1n) is 6.71. The summed E-state index contributed by atoms with van der Waals surface area (Å²) in [5.74, 6) is 0.300. The number of nitriles is 1. The molecule has 19 heavy (non-hydrogen) atoms. The van der Waals surface area contributed by atoms with Crippen LogP contribution in [0.25, 0.3) is 0 Å². The molecule has 1 aliphatic rings. The Morgan fingerprint density at radius 3 is 2.89 bits per heavy atom. The Hall–Kier alpha value is -1.86. The second-order valence-corrected chi connectivity index (χ2v) is 5.08.